The van der Waals surface area contributed by atoms with Crippen LogP contribution in [-0.2, 0) is 4.79 Å². The monoisotopic (exact) mass is 443 g/mol. The number of aliphatic hydroxyl groups excluding tert-OH is 1. The molecular formula is C24H33N3O5. The SMILES string of the molecule is CC(=O)N(C)C[C@@H]1Oc2ncc(C#CC3(O)CCCC3)cc2C(=O)N([C@H](C)CO)C[C@H]1C. The van der Waals surface area contributed by atoms with Gasteiger partial charge >= 0.3 is 0 Å². The molecule has 8 nitrogen and oxygen atoms in total. The van der Waals surface area contributed by atoms with Gasteiger partial charge in [-0.3, -0.25) is 9.59 Å². The Balaban J connectivity index is 1.98. The van der Waals surface area contributed by atoms with Crippen LogP contribution in [0.15, 0.2) is 12.3 Å². The van der Waals surface area contributed by atoms with E-state index in [0.29, 0.717) is 31.5 Å². The molecule has 1 aliphatic heterocycles. The van der Waals surface area contributed by atoms with Crippen molar-refractivity contribution >= 4 is 11.8 Å². The van der Waals surface area contributed by atoms with Crippen LogP contribution in [0.4, 0.5) is 0 Å². The molecular weight excluding hydrogens is 410 g/mol. The highest BCUT2D eigenvalue weighted by atomic mass is 16.5. The molecule has 3 rings (SSSR count). The number of ether oxygens (including phenoxy) is 1. The van der Waals surface area contributed by atoms with Gasteiger partial charge in [0.05, 0.1) is 19.2 Å². The summed E-state index contributed by atoms with van der Waals surface area (Å²) in [5.41, 5.74) is -0.207. The standard InChI is InChI=1S/C24H33N3O5/c1-16-13-27(17(2)15-28)23(30)20-11-19(7-10-24(31)8-5-6-9-24)12-25-22(20)32-21(16)14-26(4)18(3)29/h11-12,16-17,21,28,31H,5-6,8-9,13-15H2,1-4H3/t16-,17-,21+/m1/s1. The van der Waals surface area contributed by atoms with Gasteiger partial charge in [0.1, 0.15) is 17.3 Å². The zero-order chi connectivity index (χ0) is 23.5. The minimum atomic E-state index is -0.986. The van der Waals surface area contributed by atoms with E-state index in [1.54, 1.807) is 29.8 Å². The molecule has 2 amide bonds. The number of amides is 2. The maximum atomic E-state index is 13.4. The number of aromatic nitrogens is 1. The predicted molar refractivity (Wildman–Crippen MR) is 119 cm³/mol. The van der Waals surface area contributed by atoms with Crippen LogP contribution in [-0.4, -0.2) is 81.3 Å². The number of pyridine rings is 1. The molecule has 32 heavy (non-hydrogen) atoms. The number of nitrogens with zero attached hydrogens (tertiary/aromatic N) is 3. The first-order chi connectivity index (χ1) is 15.1. The molecule has 1 saturated carbocycles. The van der Waals surface area contributed by atoms with E-state index in [9.17, 15) is 19.8 Å². The third-order valence-electron chi connectivity index (χ3n) is 6.38. The van der Waals surface area contributed by atoms with Crippen molar-refractivity contribution in [2.24, 2.45) is 5.92 Å². The van der Waals surface area contributed by atoms with Gasteiger partial charge in [-0.15, -0.1) is 0 Å². The van der Waals surface area contributed by atoms with Gasteiger partial charge in [0, 0.05) is 38.2 Å². The van der Waals surface area contributed by atoms with Gasteiger partial charge in [0.15, 0.2) is 0 Å². The minimum Gasteiger partial charge on any atom is -0.472 e. The molecule has 1 aromatic heterocycles. The maximum Gasteiger partial charge on any atom is 0.259 e. The molecule has 2 aliphatic rings. The van der Waals surface area contributed by atoms with Crippen molar-refractivity contribution in [1.29, 1.82) is 0 Å². The zero-order valence-electron chi connectivity index (χ0n) is 19.3. The lowest BCUT2D eigenvalue weighted by molar-refractivity contribution is -0.129. The first-order valence-corrected chi connectivity index (χ1v) is 11.2. The molecule has 0 unspecified atom stereocenters. The molecule has 1 aromatic rings. The van der Waals surface area contributed by atoms with Crippen LogP contribution >= 0.6 is 0 Å². The molecule has 2 heterocycles. The Kier molecular flexibility index (Phi) is 7.42. The normalized spacial score (nSPS) is 23.2. The minimum absolute atomic E-state index is 0.0804. The maximum absolute atomic E-state index is 13.4. The number of likely N-dealkylation sites (N-methyl/N-ethyl adjacent to an activating group) is 1. The Morgan fingerprint density at radius 1 is 1.44 bits per heavy atom. The average Bonchev–Trinajstić information content (AvgIpc) is 3.20. The summed E-state index contributed by atoms with van der Waals surface area (Å²) in [5, 5.41) is 20.2. The molecule has 174 valence electrons. The molecule has 1 fully saturated rings. The summed E-state index contributed by atoms with van der Waals surface area (Å²) in [4.78, 5) is 32.7. The summed E-state index contributed by atoms with van der Waals surface area (Å²) in [6.07, 6.45) is 4.34. The van der Waals surface area contributed by atoms with Crippen molar-refractivity contribution < 1.29 is 24.5 Å². The predicted octanol–water partition coefficient (Wildman–Crippen LogP) is 1.44. The molecule has 0 saturated heterocycles. The van der Waals surface area contributed by atoms with Gasteiger partial charge in [-0.2, -0.15) is 0 Å². The lowest BCUT2D eigenvalue weighted by Gasteiger charge is -2.37. The Hall–Kier alpha value is -2.63. The highest BCUT2D eigenvalue weighted by Crippen LogP contribution is 2.30. The van der Waals surface area contributed by atoms with E-state index in [4.69, 9.17) is 4.74 Å². The Morgan fingerprint density at radius 3 is 2.75 bits per heavy atom. The molecule has 0 radical (unpaired) electrons. The van der Waals surface area contributed by atoms with E-state index >= 15 is 0 Å². The van der Waals surface area contributed by atoms with E-state index in [2.05, 4.69) is 16.8 Å². The average molecular weight is 444 g/mol. The molecule has 0 bridgehead atoms. The van der Waals surface area contributed by atoms with Crippen molar-refractivity contribution in [2.45, 2.75) is 64.2 Å². The zero-order valence-corrected chi connectivity index (χ0v) is 19.3. The second kappa shape index (κ2) is 9.88. The van der Waals surface area contributed by atoms with E-state index in [-0.39, 0.29) is 41.9 Å². The van der Waals surface area contributed by atoms with Crippen LogP contribution in [0.2, 0.25) is 0 Å². The number of carbonyl (C=O) groups is 2. The molecule has 0 aromatic carbocycles. The van der Waals surface area contributed by atoms with Crippen LogP contribution < -0.4 is 4.74 Å². The second-order valence-corrected chi connectivity index (χ2v) is 9.09. The summed E-state index contributed by atoms with van der Waals surface area (Å²) < 4.78 is 6.14. The molecule has 0 spiro atoms. The van der Waals surface area contributed by atoms with Crippen LogP contribution in [0.5, 0.6) is 5.88 Å². The summed E-state index contributed by atoms with van der Waals surface area (Å²) in [6, 6.07) is 1.24. The third-order valence-corrected chi connectivity index (χ3v) is 6.38. The van der Waals surface area contributed by atoms with E-state index in [1.807, 2.05) is 6.92 Å². The number of carbonyl (C=O) groups excluding carboxylic acids is 2. The Morgan fingerprint density at radius 2 is 2.12 bits per heavy atom. The Labute approximate surface area is 189 Å². The summed E-state index contributed by atoms with van der Waals surface area (Å²) >= 11 is 0. The van der Waals surface area contributed by atoms with Crippen LogP contribution in [0, 0.1) is 17.8 Å². The van der Waals surface area contributed by atoms with Crippen LogP contribution in [0.1, 0.15) is 62.4 Å². The van der Waals surface area contributed by atoms with Crippen molar-refractivity contribution in [3.8, 4) is 17.7 Å². The quantitative estimate of drug-likeness (QED) is 0.683. The third kappa shape index (κ3) is 5.40. The van der Waals surface area contributed by atoms with Crippen molar-refractivity contribution in [1.82, 2.24) is 14.8 Å². The fourth-order valence-electron chi connectivity index (χ4n) is 4.06. The number of aliphatic hydroxyl groups is 2. The molecule has 2 N–H and O–H groups in total. The fourth-order valence-corrected chi connectivity index (χ4v) is 4.06. The smallest absolute Gasteiger partial charge is 0.259 e. The fraction of sp³-hybridized carbons (Fsp3) is 0.625. The summed E-state index contributed by atoms with van der Waals surface area (Å²) in [7, 11) is 1.71. The number of hydrogen-bond acceptors (Lipinski definition) is 6. The van der Waals surface area contributed by atoms with Gasteiger partial charge < -0.3 is 24.7 Å². The van der Waals surface area contributed by atoms with Gasteiger partial charge in [0.25, 0.3) is 5.91 Å². The first-order valence-electron chi connectivity index (χ1n) is 11.2. The summed E-state index contributed by atoms with van der Waals surface area (Å²) in [5.74, 6) is 5.62. The number of fused-ring (bicyclic) bond motifs is 1. The second-order valence-electron chi connectivity index (χ2n) is 9.09. The van der Waals surface area contributed by atoms with Gasteiger partial charge in [-0.1, -0.05) is 18.8 Å². The summed E-state index contributed by atoms with van der Waals surface area (Å²) in [6.45, 7) is 5.78. The molecule has 3 atom stereocenters. The Bertz CT molecular complexity index is 916. The van der Waals surface area contributed by atoms with Crippen molar-refractivity contribution in [2.75, 3.05) is 26.7 Å². The van der Waals surface area contributed by atoms with Crippen LogP contribution in [0.3, 0.4) is 0 Å². The van der Waals surface area contributed by atoms with Crippen LogP contribution in [0.25, 0.3) is 0 Å². The van der Waals surface area contributed by atoms with Crippen molar-refractivity contribution in [3.63, 3.8) is 0 Å². The number of hydrogen-bond donors (Lipinski definition) is 2. The van der Waals surface area contributed by atoms with Crippen molar-refractivity contribution in [3.05, 3.63) is 23.4 Å². The van der Waals surface area contributed by atoms with E-state index in [1.165, 1.54) is 13.1 Å². The van der Waals surface area contributed by atoms with Gasteiger partial charge in [0.2, 0.25) is 11.8 Å². The van der Waals surface area contributed by atoms with E-state index in [0.717, 1.165) is 12.8 Å². The molecule has 8 heteroatoms. The number of rotatable bonds is 4. The van der Waals surface area contributed by atoms with Gasteiger partial charge in [-0.05, 0) is 38.7 Å². The largest absolute Gasteiger partial charge is 0.472 e. The highest BCUT2D eigenvalue weighted by molar-refractivity contribution is 5.97. The lowest BCUT2D eigenvalue weighted by Crippen LogP contribution is -2.50. The topological polar surface area (TPSA) is 103 Å². The van der Waals surface area contributed by atoms with Gasteiger partial charge in [-0.25, -0.2) is 4.98 Å². The molecule has 1 aliphatic carbocycles. The van der Waals surface area contributed by atoms with E-state index < -0.39 is 11.6 Å². The first kappa shape index (κ1) is 24.0. The highest BCUT2D eigenvalue weighted by Gasteiger charge is 2.34. The lowest BCUT2D eigenvalue weighted by atomic mass is 9.99.